The molecular weight excluding hydrogens is 294 g/mol. The maximum Gasteiger partial charge on any atom is 0.357 e. The van der Waals surface area contributed by atoms with Crippen molar-refractivity contribution in [3.8, 4) is 17.5 Å². The van der Waals surface area contributed by atoms with Crippen LogP contribution in [-0.2, 0) is 4.74 Å². The van der Waals surface area contributed by atoms with Crippen molar-refractivity contribution in [3.05, 3.63) is 53.9 Å². The zero-order chi connectivity index (χ0) is 16.6. The molecule has 23 heavy (non-hydrogen) atoms. The Bertz CT molecular complexity index is 967. The van der Waals surface area contributed by atoms with Crippen LogP contribution in [0.15, 0.2) is 42.6 Å². The van der Waals surface area contributed by atoms with Crippen molar-refractivity contribution in [2.24, 2.45) is 0 Å². The molecule has 6 nitrogen and oxygen atoms in total. The van der Waals surface area contributed by atoms with Gasteiger partial charge in [-0.15, -0.1) is 0 Å². The summed E-state index contributed by atoms with van der Waals surface area (Å²) in [4.78, 5) is 12.1. The van der Waals surface area contributed by atoms with E-state index >= 15 is 0 Å². The topological polar surface area (TPSA) is 101 Å². The number of nitriles is 1. The van der Waals surface area contributed by atoms with Crippen molar-refractivity contribution in [1.29, 1.82) is 5.26 Å². The van der Waals surface area contributed by atoms with Gasteiger partial charge in [0, 0.05) is 17.0 Å². The van der Waals surface area contributed by atoms with Gasteiger partial charge in [-0.3, -0.25) is 0 Å². The zero-order valence-electron chi connectivity index (χ0n) is 12.3. The van der Waals surface area contributed by atoms with Gasteiger partial charge in [-0.1, -0.05) is 24.3 Å². The van der Waals surface area contributed by atoms with E-state index in [-0.39, 0.29) is 22.7 Å². The molecule has 0 fully saturated rings. The van der Waals surface area contributed by atoms with E-state index in [1.54, 1.807) is 18.2 Å². The SMILES string of the molecule is COC(=O)c1c(N)c(C#N)cn1-c1ccc(O)c2ccccc12. The number of phenols is 1. The second-order valence-corrected chi connectivity index (χ2v) is 4.93. The number of ether oxygens (including phenoxy) is 1. The van der Waals surface area contributed by atoms with Gasteiger partial charge in [0.1, 0.15) is 11.8 Å². The van der Waals surface area contributed by atoms with Gasteiger partial charge in [-0.2, -0.15) is 5.26 Å². The number of carbonyl (C=O) groups is 1. The molecule has 6 heteroatoms. The highest BCUT2D eigenvalue weighted by molar-refractivity contribution is 5.99. The minimum atomic E-state index is -0.638. The highest BCUT2D eigenvalue weighted by Gasteiger charge is 2.22. The van der Waals surface area contributed by atoms with E-state index in [1.807, 2.05) is 18.2 Å². The van der Waals surface area contributed by atoms with Crippen molar-refractivity contribution in [3.63, 3.8) is 0 Å². The number of carbonyl (C=O) groups excluding carboxylic acids is 1. The van der Waals surface area contributed by atoms with Crippen LogP contribution in [-0.4, -0.2) is 22.8 Å². The molecule has 0 saturated carbocycles. The number of anilines is 1. The van der Waals surface area contributed by atoms with E-state index in [0.29, 0.717) is 11.1 Å². The van der Waals surface area contributed by atoms with Gasteiger partial charge >= 0.3 is 5.97 Å². The summed E-state index contributed by atoms with van der Waals surface area (Å²) in [7, 11) is 1.25. The molecule has 0 aliphatic heterocycles. The number of nitrogen functional groups attached to an aromatic ring is 1. The van der Waals surface area contributed by atoms with Crippen molar-refractivity contribution in [1.82, 2.24) is 4.57 Å². The standard InChI is InChI=1S/C17H13N3O3/c1-23-17(22)16-15(19)10(8-18)9-20(16)13-6-7-14(21)12-5-3-2-4-11(12)13/h2-7,9,21H,19H2,1H3. The molecule has 1 heterocycles. The number of phenolic OH excluding ortho intramolecular Hbond substituents is 1. The number of esters is 1. The molecule has 0 aliphatic carbocycles. The van der Waals surface area contributed by atoms with Crippen molar-refractivity contribution in [2.75, 3.05) is 12.8 Å². The van der Waals surface area contributed by atoms with Crippen LogP contribution in [0.4, 0.5) is 5.69 Å². The Morgan fingerprint density at radius 2 is 1.96 bits per heavy atom. The highest BCUT2D eigenvalue weighted by atomic mass is 16.5. The average Bonchev–Trinajstić information content (AvgIpc) is 2.91. The minimum absolute atomic E-state index is 0.0662. The minimum Gasteiger partial charge on any atom is -0.507 e. The fourth-order valence-electron chi connectivity index (χ4n) is 2.58. The average molecular weight is 307 g/mol. The molecule has 3 rings (SSSR count). The van der Waals surface area contributed by atoms with Crippen LogP contribution in [0.25, 0.3) is 16.5 Å². The number of methoxy groups -OCH3 is 1. The molecule has 0 aliphatic rings. The number of benzene rings is 2. The number of hydrogen-bond donors (Lipinski definition) is 2. The molecule has 1 aromatic heterocycles. The highest BCUT2D eigenvalue weighted by Crippen LogP contribution is 2.33. The van der Waals surface area contributed by atoms with Crippen LogP contribution in [0.3, 0.4) is 0 Å². The van der Waals surface area contributed by atoms with Gasteiger partial charge < -0.3 is 20.1 Å². The smallest absolute Gasteiger partial charge is 0.357 e. The molecule has 0 unspecified atom stereocenters. The Morgan fingerprint density at radius 1 is 1.26 bits per heavy atom. The van der Waals surface area contributed by atoms with Gasteiger partial charge in [0.25, 0.3) is 0 Å². The van der Waals surface area contributed by atoms with Gasteiger partial charge in [0.15, 0.2) is 5.69 Å². The lowest BCUT2D eigenvalue weighted by molar-refractivity contribution is 0.0593. The fourth-order valence-corrected chi connectivity index (χ4v) is 2.58. The van der Waals surface area contributed by atoms with Crippen LogP contribution in [0.1, 0.15) is 16.1 Å². The molecule has 0 spiro atoms. The summed E-state index contributed by atoms with van der Waals surface area (Å²) in [6.07, 6.45) is 1.49. The maximum absolute atomic E-state index is 12.1. The molecule has 3 aromatic rings. The largest absolute Gasteiger partial charge is 0.507 e. The molecule has 0 saturated heterocycles. The van der Waals surface area contributed by atoms with E-state index in [2.05, 4.69) is 0 Å². The number of rotatable bonds is 2. The third-order valence-electron chi connectivity index (χ3n) is 3.68. The number of fused-ring (bicyclic) bond motifs is 1. The predicted molar refractivity (Wildman–Crippen MR) is 85.4 cm³/mol. The van der Waals surface area contributed by atoms with Crippen LogP contribution in [0.2, 0.25) is 0 Å². The van der Waals surface area contributed by atoms with Gasteiger partial charge in [0.05, 0.1) is 24.0 Å². The van der Waals surface area contributed by atoms with Crippen LogP contribution in [0, 0.1) is 11.3 Å². The molecule has 0 bridgehead atoms. The lowest BCUT2D eigenvalue weighted by atomic mass is 10.1. The predicted octanol–water partition coefficient (Wildman–Crippen LogP) is 2.58. The first-order valence-corrected chi connectivity index (χ1v) is 6.78. The molecule has 3 N–H and O–H groups in total. The van der Waals surface area contributed by atoms with Crippen LogP contribution >= 0.6 is 0 Å². The molecule has 0 atom stereocenters. The second-order valence-electron chi connectivity index (χ2n) is 4.93. The second kappa shape index (κ2) is 5.39. The maximum atomic E-state index is 12.1. The van der Waals surface area contributed by atoms with E-state index < -0.39 is 5.97 Å². The Balaban J connectivity index is 2.39. The quantitative estimate of drug-likeness (QED) is 0.708. The molecule has 0 radical (unpaired) electrons. The third kappa shape index (κ3) is 2.15. The Hall–Kier alpha value is -3.46. The molecule has 114 valence electrons. The first-order chi connectivity index (χ1) is 11.1. The Labute approximate surface area is 131 Å². The summed E-state index contributed by atoms with van der Waals surface area (Å²) in [6.45, 7) is 0. The van der Waals surface area contributed by atoms with Crippen LogP contribution < -0.4 is 5.73 Å². The third-order valence-corrected chi connectivity index (χ3v) is 3.68. The first kappa shape index (κ1) is 14.5. The van der Waals surface area contributed by atoms with Gasteiger partial charge in [-0.25, -0.2) is 4.79 Å². The number of hydrogen-bond acceptors (Lipinski definition) is 5. The monoisotopic (exact) mass is 307 g/mol. The Morgan fingerprint density at radius 3 is 2.61 bits per heavy atom. The normalized spacial score (nSPS) is 10.4. The van der Waals surface area contributed by atoms with E-state index in [9.17, 15) is 15.2 Å². The molecule has 0 amide bonds. The van der Waals surface area contributed by atoms with Crippen molar-refractivity contribution in [2.45, 2.75) is 0 Å². The Kier molecular flexibility index (Phi) is 3.39. The van der Waals surface area contributed by atoms with Gasteiger partial charge in [-0.05, 0) is 12.1 Å². The van der Waals surface area contributed by atoms with Crippen LogP contribution in [0.5, 0.6) is 5.75 Å². The summed E-state index contributed by atoms with van der Waals surface area (Å²) in [6, 6.07) is 12.4. The van der Waals surface area contributed by atoms with E-state index in [1.165, 1.54) is 23.9 Å². The van der Waals surface area contributed by atoms with Crippen molar-refractivity contribution < 1.29 is 14.6 Å². The number of aromatic hydroxyl groups is 1. The van der Waals surface area contributed by atoms with Crippen molar-refractivity contribution >= 4 is 22.4 Å². The first-order valence-electron chi connectivity index (χ1n) is 6.78. The molecular formula is C17H13N3O3. The summed E-state index contributed by atoms with van der Waals surface area (Å²) >= 11 is 0. The van der Waals surface area contributed by atoms with Gasteiger partial charge in [0.2, 0.25) is 0 Å². The fraction of sp³-hybridized carbons (Fsp3) is 0.0588. The summed E-state index contributed by atoms with van der Waals surface area (Å²) in [5.41, 5.74) is 6.86. The summed E-state index contributed by atoms with van der Waals surface area (Å²) < 4.78 is 6.29. The lowest BCUT2D eigenvalue weighted by Crippen LogP contribution is -2.11. The summed E-state index contributed by atoms with van der Waals surface area (Å²) in [5.74, 6) is -0.509. The van der Waals surface area contributed by atoms with E-state index in [4.69, 9.17) is 10.5 Å². The van der Waals surface area contributed by atoms with E-state index in [0.717, 1.165) is 5.39 Å². The zero-order valence-corrected chi connectivity index (χ0v) is 12.3. The lowest BCUT2D eigenvalue weighted by Gasteiger charge is -2.12. The number of aromatic nitrogens is 1. The number of nitrogens with zero attached hydrogens (tertiary/aromatic N) is 2. The summed E-state index contributed by atoms with van der Waals surface area (Å²) in [5, 5.41) is 20.5. The molecule has 2 aromatic carbocycles. The number of nitrogens with two attached hydrogens (primary N) is 1.